The molecule has 1 N–H and O–H groups in total. The molecule has 0 aliphatic rings. The summed E-state index contributed by atoms with van der Waals surface area (Å²) in [5.74, 6) is 1.36. The van der Waals surface area contributed by atoms with Crippen molar-refractivity contribution in [2.75, 3.05) is 7.11 Å². The van der Waals surface area contributed by atoms with Crippen LogP contribution in [0.5, 0.6) is 16.7 Å². The molecule has 0 atom stereocenters. The van der Waals surface area contributed by atoms with Crippen molar-refractivity contribution in [1.29, 1.82) is 0 Å². The number of methoxy groups -OCH3 is 1. The van der Waals surface area contributed by atoms with E-state index in [0.717, 1.165) is 5.75 Å². The zero-order valence-corrected chi connectivity index (χ0v) is 9.85. The van der Waals surface area contributed by atoms with E-state index in [4.69, 9.17) is 14.7 Å². The van der Waals surface area contributed by atoms with Gasteiger partial charge >= 0.3 is 0 Å². The van der Waals surface area contributed by atoms with E-state index in [9.17, 15) is 0 Å². The summed E-state index contributed by atoms with van der Waals surface area (Å²) in [4.78, 5) is 4.75. The minimum absolute atomic E-state index is 0.480. The Bertz CT molecular complexity index is 525. The van der Waals surface area contributed by atoms with Gasteiger partial charge in [0.15, 0.2) is 0 Å². The maximum absolute atomic E-state index is 8.38. The van der Waals surface area contributed by atoms with Gasteiger partial charge in [-0.25, -0.2) is 4.98 Å². The number of ether oxygens (including phenoxy) is 2. The van der Waals surface area contributed by atoms with Gasteiger partial charge in [-0.15, -0.1) is 0 Å². The highest BCUT2D eigenvalue weighted by Crippen LogP contribution is 2.27. The van der Waals surface area contributed by atoms with Crippen LogP contribution in [0.3, 0.4) is 0 Å². The zero-order chi connectivity index (χ0) is 12.1. The van der Waals surface area contributed by atoms with Gasteiger partial charge in [0.2, 0.25) is 0 Å². The van der Waals surface area contributed by atoms with Gasteiger partial charge in [-0.3, -0.25) is 0 Å². The first kappa shape index (κ1) is 11.4. The molecule has 6 heteroatoms. The van der Waals surface area contributed by atoms with Crippen LogP contribution in [-0.4, -0.2) is 23.5 Å². The van der Waals surface area contributed by atoms with Crippen LogP contribution < -0.4 is 9.47 Å². The molecule has 0 aliphatic carbocycles. The number of hydrogen-bond acceptors (Lipinski definition) is 6. The second kappa shape index (κ2) is 5.31. The molecule has 1 heterocycles. The van der Waals surface area contributed by atoms with Gasteiger partial charge in [0.05, 0.1) is 24.4 Å². The number of thiazole rings is 1. The highest BCUT2D eigenvalue weighted by Gasteiger charge is 2.03. The molecule has 0 saturated carbocycles. The van der Waals surface area contributed by atoms with Gasteiger partial charge in [0, 0.05) is 6.07 Å². The topological polar surface area (TPSA) is 63.9 Å². The number of hydrogen-bond donors (Lipinski definition) is 1. The van der Waals surface area contributed by atoms with Crippen LogP contribution in [0.4, 0.5) is 0 Å². The van der Waals surface area contributed by atoms with Crippen molar-refractivity contribution in [2.24, 2.45) is 5.16 Å². The van der Waals surface area contributed by atoms with Crippen molar-refractivity contribution in [2.45, 2.75) is 0 Å². The van der Waals surface area contributed by atoms with Crippen LogP contribution in [0.15, 0.2) is 35.6 Å². The molecule has 1 aromatic heterocycles. The lowest BCUT2D eigenvalue weighted by molar-refractivity contribution is 0.322. The van der Waals surface area contributed by atoms with E-state index in [1.807, 2.05) is 18.2 Å². The second-order valence-corrected chi connectivity index (χ2v) is 4.08. The van der Waals surface area contributed by atoms with Gasteiger partial charge in [0.25, 0.3) is 5.19 Å². The quantitative estimate of drug-likeness (QED) is 0.515. The molecule has 2 rings (SSSR count). The van der Waals surface area contributed by atoms with E-state index in [2.05, 4.69) is 10.1 Å². The van der Waals surface area contributed by atoms with Crippen LogP contribution in [0.1, 0.15) is 4.88 Å². The van der Waals surface area contributed by atoms with Crippen LogP contribution in [0.25, 0.3) is 0 Å². The largest absolute Gasteiger partial charge is 0.497 e. The van der Waals surface area contributed by atoms with E-state index in [0.29, 0.717) is 15.8 Å². The van der Waals surface area contributed by atoms with Gasteiger partial charge in [-0.1, -0.05) is 22.6 Å². The van der Waals surface area contributed by atoms with Crippen molar-refractivity contribution in [3.63, 3.8) is 0 Å². The first-order valence-corrected chi connectivity index (χ1v) is 5.58. The molecule has 0 fully saturated rings. The standard InChI is InChI=1S/C11H10N2O3S/c1-15-8-3-2-4-9(5-8)16-11-12-6-10(17-11)7-13-14/h2-7,14H,1H3. The molecule has 17 heavy (non-hydrogen) atoms. The lowest BCUT2D eigenvalue weighted by atomic mass is 10.3. The van der Waals surface area contributed by atoms with E-state index < -0.39 is 0 Å². The van der Waals surface area contributed by atoms with Crippen LogP contribution in [-0.2, 0) is 0 Å². The summed E-state index contributed by atoms with van der Waals surface area (Å²) in [6.45, 7) is 0. The molecule has 2 aromatic rings. The zero-order valence-electron chi connectivity index (χ0n) is 9.03. The third-order valence-corrected chi connectivity index (χ3v) is 2.74. The van der Waals surface area contributed by atoms with Gasteiger partial charge in [-0.2, -0.15) is 0 Å². The fraction of sp³-hybridized carbons (Fsp3) is 0.0909. The molecule has 88 valence electrons. The van der Waals surface area contributed by atoms with Crippen molar-refractivity contribution in [3.8, 4) is 16.7 Å². The normalized spacial score (nSPS) is 10.6. The highest BCUT2D eigenvalue weighted by molar-refractivity contribution is 7.15. The molecular formula is C11H10N2O3S. The summed E-state index contributed by atoms with van der Waals surface area (Å²) < 4.78 is 10.6. The molecule has 5 nitrogen and oxygen atoms in total. The van der Waals surface area contributed by atoms with E-state index in [1.165, 1.54) is 17.6 Å². The van der Waals surface area contributed by atoms with E-state index >= 15 is 0 Å². The number of oxime groups is 1. The lowest BCUT2D eigenvalue weighted by Crippen LogP contribution is -1.85. The molecule has 0 spiro atoms. The average molecular weight is 250 g/mol. The monoisotopic (exact) mass is 250 g/mol. The smallest absolute Gasteiger partial charge is 0.279 e. The van der Waals surface area contributed by atoms with Gasteiger partial charge in [-0.05, 0) is 12.1 Å². The predicted molar refractivity (Wildman–Crippen MR) is 64.6 cm³/mol. The summed E-state index contributed by atoms with van der Waals surface area (Å²) in [6.07, 6.45) is 2.87. The summed E-state index contributed by atoms with van der Waals surface area (Å²) in [7, 11) is 1.60. The Labute approximate surface area is 102 Å². The third-order valence-electron chi connectivity index (χ3n) is 1.93. The Morgan fingerprint density at radius 3 is 3.00 bits per heavy atom. The second-order valence-electron chi connectivity index (χ2n) is 3.05. The Morgan fingerprint density at radius 2 is 2.24 bits per heavy atom. The maximum atomic E-state index is 8.38. The Balaban J connectivity index is 2.13. The fourth-order valence-electron chi connectivity index (χ4n) is 1.20. The van der Waals surface area contributed by atoms with Crippen LogP contribution in [0.2, 0.25) is 0 Å². The Kier molecular flexibility index (Phi) is 3.56. The maximum Gasteiger partial charge on any atom is 0.279 e. The van der Waals surface area contributed by atoms with Crippen LogP contribution in [0, 0.1) is 0 Å². The number of rotatable bonds is 4. The molecule has 0 saturated heterocycles. The predicted octanol–water partition coefficient (Wildman–Crippen LogP) is 2.75. The SMILES string of the molecule is COc1cccc(Oc2ncc(C=NO)s2)c1. The minimum atomic E-state index is 0.480. The fourth-order valence-corrected chi connectivity index (χ4v) is 1.85. The first-order valence-electron chi connectivity index (χ1n) is 4.77. The molecule has 0 bridgehead atoms. The summed E-state index contributed by atoms with van der Waals surface area (Å²) in [5, 5.41) is 11.8. The molecule has 0 radical (unpaired) electrons. The Morgan fingerprint density at radius 1 is 1.41 bits per heavy atom. The summed E-state index contributed by atoms with van der Waals surface area (Å²) in [5.41, 5.74) is 0. The number of aromatic nitrogens is 1. The molecule has 1 aromatic carbocycles. The number of benzene rings is 1. The Hall–Kier alpha value is -2.08. The van der Waals surface area contributed by atoms with Gasteiger partial charge < -0.3 is 14.7 Å². The van der Waals surface area contributed by atoms with Crippen molar-refractivity contribution in [3.05, 3.63) is 35.3 Å². The van der Waals surface area contributed by atoms with E-state index in [-0.39, 0.29) is 0 Å². The summed E-state index contributed by atoms with van der Waals surface area (Å²) >= 11 is 1.28. The molecule has 0 aliphatic heterocycles. The minimum Gasteiger partial charge on any atom is -0.497 e. The number of nitrogens with zero attached hydrogens (tertiary/aromatic N) is 2. The van der Waals surface area contributed by atoms with Crippen molar-refractivity contribution < 1.29 is 14.7 Å². The van der Waals surface area contributed by atoms with E-state index in [1.54, 1.807) is 19.4 Å². The first-order chi connectivity index (χ1) is 8.31. The molecular weight excluding hydrogens is 240 g/mol. The summed E-state index contributed by atoms with van der Waals surface area (Å²) in [6, 6.07) is 7.24. The van der Waals surface area contributed by atoms with Crippen LogP contribution >= 0.6 is 11.3 Å². The third kappa shape index (κ3) is 2.94. The average Bonchev–Trinajstić information content (AvgIpc) is 2.77. The molecule has 0 amide bonds. The highest BCUT2D eigenvalue weighted by atomic mass is 32.1. The lowest BCUT2D eigenvalue weighted by Gasteiger charge is -2.03. The molecule has 0 unspecified atom stereocenters. The van der Waals surface area contributed by atoms with Gasteiger partial charge in [0.1, 0.15) is 11.5 Å². The van der Waals surface area contributed by atoms with Crippen molar-refractivity contribution in [1.82, 2.24) is 4.98 Å². The van der Waals surface area contributed by atoms with Crippen molar-refractivity contribution >= 4 is 17.6 Å².